The Morgan fingerprint density at radius 2 is 1.76 bits per heavy atom. The van der Waals surface area contributed by atoms with Gasteiger partial charge in [0.2, 0.25) is 0 Å². The molecule has 1 N–H and O–H groups in total. The first-order chi connectivity index (χ1) is 16.2. The minimum Gasteiger partial charge on any atom is -0.294 e. The summed E-state index contributed by atoms with van der Waals surface area (Å²) in [7, 11) is 0. The molecular formula is C31H33N3. The minimum atomic E-state index is 0.0197. The molecule has 0 bridgehead atoms. The summed E-state index contributed by atoms with van der Waals surface area (Å²) in [6, 6.07) is 24.8. The van der Waals surface area contributed by atoms with Crippen molar-refractivity contribution in [3.63, 3.8) is 0 Å². The number of hydrogen-bond donors (Lipinski definition) is 1. The Morgan fingerprint density at radius 3 is 2.47 bits per heavy atom. The van der Waals surface area contributed by atoms with Crippen molar-refractivity contribution in [2.45, 2.75) is 52.9 Å². The summed E-state index contributed by atoms with van der Waals surface area (Å²) in [6.07, 6.45) is 4.03. The van der Waals surface area contributed by atoms with E-state index in [0.29, 0.717) is 17.3 Å². The van der Waals surface area contributed by atoms with Gasteiger partial charge in [-0.1, -0.05) is 88.4 Å². The molecule has 1 aliphatic carbocycles. The number of amidine groups is 1. The molecule has 0 heterocycles. The molecule has 1 aliphatic rings. The van der Waals surface area contributed by atoms with Crippen LogP contribution in [-0.4, -0.2) is 5.84 Å². The van der Waals surface area contributed by atoms with Crippen LogP contribution in [0.3, 0.4) is 0 Å². The van der Waals surface area contributed by atoms with Gasteiger partial charge < -0.3 is 0 Å². The van der Waals surface area contributed by atoms with Crippen molar-refractivity contribution in [3.8, 4) is 6.07 Å². The van der Waals surface area contributed by atoms with Crippen LogP contribution in [0.15, 0.2) is 72.8 Å². The molecular weight excluding hydrogens is 414 g/mol. The Bertz CT molecular complexity index is 1300. The van der Waals surface area contributed by atoms with E-state index in [2.05, 4.69) is 88.1 Å². The van der Waals surface area contributed by atoms with Gasteiger partial charge in [0.05, 0.1) is 23.0 Å². The van der Waals surface area contributed by atoms with E-state index in [0.717, 1.165) is 46.5 Å². The second-order valence-electron chi connectivity index (χ2n) is 10.3. The maximum absolute atomic E-state index is 9.72. The summed E-state index contributed by atoms with van der Waals surface area (Å²) in [6.45, 7) is 11.0. The highest BCUT2D eigenvalue weighted by Crippen LogP contribution is 2.43. The van der Waals surface area contributed by atoms with Crippen LogP contribution in [0.5, 0.6) is 0 Å². The van der Waals surface area contributed by atoms with Crippen LogP contribution in [0.2, 0.25) is 0 Å². The third-order valence-corrected chi connectivity index (χ3v) is 6.69. The van der Waals surface area contributed by atoms with Crippen LogP contribution in [0, 0.1) is 29.6 Å². The molecule has 0 saturated heterocycles. The van der Waals surface area contributed by atoms with E-state index in [1.807, 2.05) is 30.3 Å². The highest BCUT2D eigenvalue weighted by atomic mass is 15.2. The monoisotopic (exact) mass is 447 g/mol. The summed E-state index contributed by atoms with van der Waals surface area (Å²) < 4.78 is 0. The second-order valence-corrected chi connectivity index (χ2v) is 10.3. The summed E-state index contributed by atoms with van der Waals surface area (Å²) >= 11 is 0. The van der Waals surface area contributed by atoms with Gasteiger partial charge in [-0.3, -0.25) is 10.3 Å². The van der Waals surface area contributed by atoms with Crippen molar-refractivity contribution in [2.75, 3.05) is 4.90 Å². The van der Waals surface area contributed by atoms with Gasteiger partial charge in [0.25, 0.3) is 0 Å². The maximum Gasteiger partial charge on any atom is 0.137 e. The van der Waals surface area contributed by atoms with Crippen LogP contribution < -0.4 is 4.90 Å². The van der Waals surface area contributed by atoms with Gasteiger partial charge in [0.1, 0.15) is 5.84 Å². The molecule has 0 unspecified atom stereocenters. The van der Waals surface area contributed by atoms with Gasteiger partial charge in [0.15, 0.2) is 0 Å². The van der Waals surface area contributed by atoms with Crippen LogP contribution in [-0.2, 0) is 11.8 Å². The number of anilines is 1. The lowest BCUT2D eigenvalue weighted by Gasteiger charge is -2.38. The average Bonchev–Trinajstić information content (AvgIpc) is 2.81. The smallest absolute Gasteiger partial charge is 0.137 e. The molecule has 0 saturated carbocycles. The lowest BCUT2D eigenvalue weighted by Crippen LogP contribution is -2.34. The van der Waals surface area contributed by atoms with E-state index in [4.69, 9.17) is 0 Å². The fourth-order valence-electron chi connectivity index (χ4n) is 4.86. The number of benzene rings is 3. The molecule has 4 rings (SSSR count). The SMILES string of the molecule is Cc1ccccc1C(=N)N(C1=CCC(C)(C)c2ccccc21)c1cc(C#N)ccc1CC(C)C. The summed E-state index contributed by atoms with van der Waals surface area (Å²) in [4.78, 5) is 2.08. The summed E-state index contributed by atoms with van der Waals surface area (Å²) in [5.74, 6) is 0.881. The molecule has 0 atom stereocenters. The lowest BCUT2D eigenvalue weighted by molar-refractivity contribution is 0.526. The van der Waals surface area contributed by atoms with Gasteiger partial charge in [-0.05, 0) is 59.9 Å². The molecule has 3 aromatic rings. The average molecular weight is 448 g/mol. The molecule has 34 heavy (non-hydrogen) atoms. The standard InChI is InChI=1S/C31H33N3/c1-21(2)18-24-15-14-23(20-32)19-29(24)34(30(33)25-11-7-6-10-22(25)3)28-16-17-31(4,5)27-13-9-8-12-26(27)28/h6-16,19,21,33H,17-18H2,1-5H3. The quantitative estimate of drug-likeness (QED) is 0.323. The molecule has 0 amide bonds. The molecule has 0 aromatic heterocycles. The first kappa shape index (κ1) is 23.5. The lowest BCUT2D eigenvalue weighted by atomic mass is 9.74. The van der Waals surface area contributed by atoms with Crippen LogP contribution in [0.4, 0.5) is 5.69 Å². The van der Waals surface area contributed by atoms with Gasteiger partial charge >= 0.3 is 0 Å². The molecule has 3 nitrogen and oxygen atoms in total. The predicted molar refractivity (Wildman–Crippen MR) is 142 cm³/mol. The fourth-order valence-corrected chi connectivity index (χ4v) is 4.86. The normalized spacial score (nSPS) is 14.2. The van der Waals surface area contributed by atoms with Crippen LogP contribution in [0.1, 0.15) is 67.5 Å². The summed E-state index contributed by atoms with van der Waals surface area (Å²) in [5.41, 5.74) is 8.10. The minimum absolute atomic E-state index is 0.0197. The third kappa shape index (κ3) is 4.41. The van der Waals surface area contributed by atoms with Crippen molar-refractivity contribution in [3.05, 3.63) is 106 Å². The van der Waals surface area contributed by atoms with Gasteiger partial charge in [-0.25, -0.2) is 0 Å². The van der Waals surface area contributed by atoms with Crippen LogP contribution >= 0.6 is 0 Å². The van der Waals surface area contributed by atoms with Crippen molar-refractivity contribution in [1.29, 1.82) is 10.7 Å². The Balaban J connectivity index is 1.99. The van der Waals surface area contributed by atoms with Crippen molar-refractivity contribution < 1.29 is 0 Å². The molecule has 3 aromatic carbocycles. The largest absolute Gasteiger partial charge is 0.294 e. The van der Waals surface area contributed by atoms with Gasteiger partial charge in [-0.2, -0.15) is 5.26 Å². The van der Waals surface area contributed by atoms with E-state index in [1.165, 1.54) is 5.56 Å². The first-order valence-electron chi connectivity index (χ1n) is 12.0. The highest BCUT2D eigenvalue weighted by molar-refractivity contribution is 6.17. The number of aryl methyl sites for hydroxylation is 1. The second kappa shape index (κ2) is 9.31. The molecule has 0 fully saturated rings. The van der Waals surface area contributed by atoms with Crippen molar-refractivity contribution >= 4 is 17.2 Å². The van der Waals surface area contributed by atoms with E-state index in [9.17, 15) is 10.7 Å². The number of nitrogens with zero attached hydrogens (tertiary/aromatic N) is 2. The van der Waals surface area contributed by atoms with E-state index in [1.54, 1.807) is 0 Å². The van der Waals surface area contributed by atoms with Crippen LogP contribution in [0.25, 0.3) is 5.70 Å². The maximum atomic E-state index is 9.72. The predicted octanol–water partition coefficient (Wildman–Crippen LogP) is 7.62. The molecule has 3 heteroatoms. The Hall–Kier alpha value is -3.64. The molecule has 0 aliphatic heterocycles. The van der Waals surface area contributed by atoms with Crippen molar-refractivity contribution in [2.24, 2.45) is 5.92 Å². The molecule has 172 valence electrons. The number of fused-ring (bicyclic) bond motifs is 1. The zero-order chi connectivity index (χ0) is 24.5. The number of allylic oxidation sites excluding steroid dienone is 1. The Labute approximate surface area is 203 Å². The molecule has 0 radical (unpaired) electrons. The number of nitrogens with one attached hydrogen (secondary N) is 1. The van der Waals surface area contributed by atoms with Gasteiger partial charge in [-0.15, -0.1) is 0 Å². The third-order valence-electron chi connectivity index (χ3n) is 6.69. The Morgan fingerprint density at radius 1 is 1.06 bits per heavy atom. The zero-order valence-electron chi connectivity index (χ0n) is 20.8. The first-order valence-corrected chi connectivity index (χ1v) is 12.0. The topological polar surface area (TPSA) is 50.9 Å². The van der Waals surface area contributed by atoms with Crippen molar-refractivity contribution in [1.82, 2.24) is 0 Å². The fraction of sp³-hybridized carbons (Fsp3) is 0.290. The number of hydrogen-bond acceptors (Lipinski definition) is 2. The van der Waals surface area contributed by atoms with E-state index < -0.39 is 0 Å². The molecule has 0 spiro atoms. The number of nitriles is 1. The Kier molecular flexibility index (Phi) is 6.44. The zero-order valence-corrected chi connectivity index (χ0v) is 20.8. The number of rotatable bonds is 5. The highest BCUT2D eigenvalue weighted by Gasteiger charge is 2.32. The van der Waals surface area contributed by atoms with E-state index in [-0.39, 0.29) is 5.41 Å². The van der Waals surface area contributed by atoms with Gasteiger partial charge in [0, 0.05) is 11.1 Å². The van der Waals surface area contributed by atoms with E-state index >= 15 is 0 Å². The summed E-state index contributed by atoms with van der Waals surface area (Å²) in [5, 5.41) is 19.2.